The molecule has 0 spiro atoms. The van der Waals surface area contributed by atoms with Crippen molar-refractivity contribution in [2.75, 3.05) is 10.6 Å². The van der Waals surface area contributed by atoms with Gasteiger partial charge in [-0.2, -0.15) is 0 Å². The van der Waals surface area contributed by atoms with Gasteiger partial charge in [-0.3, -0.25) is 14.3 Å². The molecule has 2 rings (SSSR count). The number of rotatable bonds is 3. The van der Waals surface area contributed by atoms with Gasteiger partial charge in [0.25, 0.3) is 5.56 Å². The lowest BCUT2D eigenvalue weighted by Crippen LogP contribution is -2.23. The first-order valence-corrected chi connectivity index (χ1v) is 6.88. The number of alkyl halides is 1. The van der Waals surface area contributed by atoms with Crippen LogP contribution < -0.4 is 10.9 Å². The summed E-state index contributed by atoms with van der Waals surface area (Å²) in [6.07, 6.45) is 0. The van der Waals surface area contributed by atoms with Gasteiger partial charge in [-0.1, -0.05) is 34.1 Å². The summed E-state index contributed by atoms with van der Waals surface area (Å²) in [6.45, 7) is 1.80. The van der Waals surface area contributed by atoms with E-state index in [1.54, 1.807) is 18.7 Å². The number of nitrogens with one attached hydrogen (secondary N) is 1. The highest BCUT2D eigenvalue weighted by Crippen LogP contribution is 2.13. The van der Waals surface area contributed by atoms with Crippen LogP contribution in [0.3, 0.4) is 0 Å². The Morgan fingerprint density at radius 1 is 1.32 bits per heavy atom. The molecule has 0 atom stereocenters. The van der Waals surface area contributed by atoms with E-state index in [1.165, 1.54) is 4.68 Å². The van der Waals surface area contributed by atoms with Crippen molar-refractivity contribution in [3.05, 3.63) is 46.4 Å². The average Bonchev–Trinajstić information content (AvgIpc) is 2.63. The summed E-state index contributed by atoms with van der Waals surface area (Å²) in [5.41, 5.74) is 1.55. The van der Waals surface area contributed by atoms with E-state index in [0.29, 0.717) is 11.4 Å². The molecule has 6 heteroatoms. The Morgan fingerprint density at radius 2 is 1.95 bits per heavy atom. The molecule has 1 heterocycles. The van der Waals surface area contributed by atoms with Crippen LogP contribution >= 0.6 is 15.9 Å². The molecule has 0 unspecified atom stereocenters. The molecule has 1 N–H and O–H groups in total. The Labute approximate surface area is 119 Å². The van der Waals surface area contributed by atoms with Gasteiger partial charge in [0.05, 0.1) is 16.7 Å². The molecule has 1 aromatic carbocycles. The summed E-state index contributed by atoms with van der Waals surface area (Å²) >= 11 is 3.06. The molecule has 0 saturated carbocycles. The third-order valence-corrected chi connectivity index (χ3v) is 3.45. The van der Waals surface area contributed by atoms with Crippen molar-refractivity contribution in [1.29, 1.82) is 0 Å². The Bertz CT molecular complexity index is 659. The number of para-hydroxylation sites is 1. The fraction of sp³-hybridized carbons (Fsp3) is 0.231. The number of hydrogen-bond donors (Lipinski definition) is 1. The molecule has 0 aliphatic rings. The van der Waals surface area contributed by atoms with E-state index in [9.17, 15) is 9.59 Å². The third-order valence-electron chi connectivity index (χ3n) is 2.94. The van der Waals surface area contributed by atoms with Crippen molar-refractivity contribution in [1.82, 2.24) is 9.36 Å². The topological polar surface area (TPSA) is 56.0 Å². The standard InChI is InChI=1S/C13H14BrN3O2/c1-9-12(15-11(18)8-14)13(19)17(16(9)2)10-6-4-3-5-7-10/h3-7H,8H2,1-2H3,(H,15,18). The number of halogens is 1. The zero-order chi connectivity index (χ0) is 14.0. The fourth-order valence-electron chi connectivity index (χ4n) is 1.89. The summed E-state index contributed by atoms with van der Waals surface area (Å²) in [5, 5.41) is 2.78. The van der Waals surface area contributed by atoms with Crippen LogP contribution in [0.25, 0.3) is 5.69 Å². The maximum Gasteiger partial charge on any atom is 0.295 e. The minimum Gasteiger partial charge on any atom is -0.319 e. The lowest BCUT2D eigenvalue weighted by atomic mass is 10.3. The number of aromatic nitrogens is 2. The Hall–Kier alpha value is -1.82. The average molecular weight is 324 g/mol. The van der Waals surface area contributed by atoms with E-state index in [1.807, 2.05) is 30.3 Å². The van der Waals surface area contributed by atoms with Gasteiger partial charge in [-0.05, 0) is 19.1 Å². The fourth-order valence-corrected chi connectivity index (χ4v) is 2.03. The van der Waals surface area contributed by atoms with Gasteiger partial charge in [0.15, 0.2) is 0 Å². The third kappa shape index (κ3) is 2.49. The summed E-state index contributed by atoms with van der Waals surface area (Å²) in [6, 6.07) is 9.30. The summed E-state index contributed by atoms with van der Waals surface area (Å²) in [4.78, 5) is 23.8. The molecule has 0 aliphatic heterocycles. The van der Waals surface area contributed by atoms with Crippen molar-refractivity contribution in [2.24, 2.45) is 7.05 Å². The van der Waals surface area contributed by atoms with E-state index in [-0.39, 0.29) is 16.8 Å². The maximum absolute atomic E-state index is 12.4. The summed E-state index contributed by atoms with van der Waals surface area (Å²) < 4.78 is 3.25. The van der Waals surface area contributed by atoms with Gasteiger partial charge < -0.3 is 5.32 Å². The molecule has 0 aliphatic carbocycles. The van der Waals surface area contributed by atoms with Crippen LogP contribution in [-0.2, 0) is 11.8 Å². The molecule has 0 radical (unpaired) electrons. The second-order valence-corrected chi connectivity index (χ2v) is 4.68. The lowest BCUT2D eigenvalue weighted by Gasteiger charge is -2.07. The first-order valence-electron chi connectivity index (χ1n) is 5.76. The quantitative estimate of drug-likeness (QED) is 0.876. The summed E-state index contributed by atoms with van der Waals surface area (Å²) in [5.74, 6) is -0.244. The highest BCUT2D eigenvalue weighted by atomic mass is 79.9. The van der Waals surface area contributed by atoms with Crippen LogP contribution in [-0.4, -0.2) is 20.6 Å². The van der Waals surface area contributed by atoms with Crippen molar-refractivity contribution in [3.63, 3.8) is 0 Å². The van der Waals surface area contributed by atoms with Crippen LogP contribution in [0.4, 0.5) is 5.69 Å². The first-order chi connectivity index (χ1) is 9.06. The van der Waals surface area contributed by atoms with Gasteiger partial charge >= 0.3 is 0 Å². The van der Waals surface area contributed by atoms with Gasteiger partial charge in [0.2, 0.25) is 5.91 Å². The van der Waals surface area contributed by atoms with Crippen molar-refractivity contribution in [3.8, 4) is 5.69 Å². The molecule has 100 valence electrons. The smallest absolute Gasteiger partial charge is 0.295 e. The van der Waals surface area contributed by atoms with E-state index in [2.05, 4.69) is 21.2 Å². The summed E-state index contributed by atoms with van der Waals surface area (Å²) in [7, 11) is 1.79. The van der Waals surface area contributed by atoms with Crippen molar-refractivity contribution < 1.29 is 4.79 Å². The zero-order valence-electron chi connectivity index (χ0n) is 10.7. The number of carbonyl (C=O) groups is 1. The molecule has 1 aromatic heterocycles. The largest absolute Gasteiger partial charge is 0.319 e. The SMILES string of the molecule is Cc1c(NC(=O)CBr)c(=O)n(-c2ccccc2)n1C. The number of hydrogen-bond acceptors (Lipinski definition) is 2. The molecular formula is C13H14BrN3O2. The molecule has 2 aromatic rings. The number of benzene rings is 1. The van der Waals surface area contributed by atoms with Gasteiger partial charge in [-0.15, -0.1) is 0 Å². The minimum absolute atomic E-state index is 0.159. The second kappa shape index (κ2) is 5.44. The van der Waals surface area contributed by atoms with Crippen LogP contribution in [0.2, 0.25) is 0 Å². The van der Waals surface area contributed by atoms with Gasteiger partial charge in [0, 0.05) is 7.05 Å². The molecule has 1 amide bonds. The van der Waals surface area contributed by atoms with Gasteiger partial charge in [-0.25, -0.2) is 4.68 Å². The maximum atomic E-state index is 12.4. The lowest BCUT2D eigenvalue weighted by molar-refractivity contribution is -0.113. The Morgan fingerprint density at radius 3 is 2.53 bits per heavy atom. The highest BCUT2D eigenvalue weighted by molar-refractivity contribution is 9.09. The molecule has 19 heavy (non-hydrogen) atoms. The van der Waals surface area contributed by atoms with Crippen LogP contribution in [0.15, 0.2) is 35.1 Å². The predicted octanol–water partition coefficient (Wildman–Crippen LogP) is 1.82. The monoisotopic (exact) mass is 323 g/mol. The molecule has 0 saturated heterocycles. The van der Waals surface area contributed by atoms with Crippen molar-refractivity contribution >= 4 is 27.5 Å². The number of amides is 1. The predicted molar refractivity (Wildman–Crippen MR) is 78.2 cm³/mol. The Kier molecular flexibility index (Phi) is 3.90. The van der Waals surface area contributed by atoms with E-state index in [4.69, 9.17) is 0 Å². The van der Waals surface area contributed by atoms with E-state index < -0.39 is 0 Å². The number of nitrogens with zero attached hydrogens (tertiary/aromatic N) is 2. The van der Waals surface area contributed by atoms with Gasteiger partial charge in [0.1, 0.15) is 5.69 Å². The van der Waals surface area contributed by atoms with Crippen LogP contribution in [0, 0.1) is 6.92 Å². The van der Waals surface area contributed by atoms with E-state index in [0.717, 1.165) is 5.69 Å². The minimum atomic E-state index is -0.244. The molecule has 0 fully saturated rings. The molecule has 5 nitrogen and oxygen atoms in total. The first kappa shape index (κ1) is 13.6. The highest BCUT2D eigenvalue weighted by Gasteiger charge is 2.17. The molecular weight excluding hydrogens is 310 g/mol. The number of carbonyl (C=O) groups excluding carboxylic acids is 1. The van der Waals surface area contributed by atoms with Crippen molar-refractivity contribution in [2.45, 2.75) is 6.92 Å². The van der Waals surface area contributed by atoms with Crippen LogP contribution in [0.5, 0.6) is 0 Å². The normalized spacial score (nSPS) is 10.5. The van der Waals surface area contributed by atoms with E-state index >= 15 is 0 Å². The Balaban J connectivity index is 2.56. The van der Waals surface area contributed by atoms with Crippen LogP contribution in [0.1, 0.15) is 5.69 Å². The number of anilines is 1. The zero-order valence-corrected chi connectivity index (χ0v) is 12.3. The second-order valence-electron chi connectivity index (χ2n) is 4.12. The molecule has 0 bridgehead atoms.